The summed E-state index contributed by atoms with van der Waals surface area (Å²) in [5.74, 6) is -0.123. The molecule has 0 saturated carbocycles. The first-order valence-electron chi connectivity index (χ1n) is 9.30. The minimum absolute atomic E-state index is 0.0191. The van der Waals surface area contributed by atoms with E-state index in [-0.39, 0.29) is 17.6 Å². The van der Waals surface area contributed by atoms with Crippen LogP contribution >= 0.6 is 11.3 Å². The normalized spacial score (nSPS) is 12.0. The minimum Gasteiger partial charge on any atom is -0.434 e. The van der Waals surface area contributed by atoms with Gasteiger partial charge in [-0.05, 0) is 30.5 Å². The van der Waals surface area contributed by atoms with Gasteiger partial charge in [-0.3, -0.25) is 9.69 Å². The first kappa shape index (κ1) is 20.9. The molecule has 2 aromatic carbocycles. The van der Waals surface area contributed by atoms with Crippen LogP contribution in [-0.2, 0) is 11.2 Å². The molecule has 1 amide bonds. The van der Waals surface area contributed by atoms with Crippen LogP contribution in [0.2, 0.25) is 0 Å². The van der Waals surface area contributed by atoms with Gasteiger partial charge in [0.2, 0.25) is 5.91 Å². The number of benzene rings is 2. The van der Waals surface area contributed by atoms with E-state index in [1.807, 2.05) is 37.3 Å². The van der Waals surface area contributed by atoms with Crippen molar-refractivity contribution in [2.75, 3.05) is 11.9 Å². The number of hydrogen-bond acceptors (Lipinski definition) is 4. The number of halogens is 2. The fraction of sp³-hybridized carbons (Fsp3) is 0.273. The van der Waals surface area contributed by atoms with E-state index >= 15 is 0 Å². The number of alkyl halides is 2. The molecule has 3 rings (SSSR count). The molecule has 4 nitrogen and oxygen atoms in total. The van der Waals surface area contributed by atoms with Crippen LogP contribution in [0.5, 0.6) is 5.75 Å². The highest BCUT2D eigenvalue weighted by Gasteiger charge is 2.24. The quantitative estimate of drug-likeness (QED) is 0.477. The molecule has 152 valence electrons. The fourth-order valence-electron chi connectivity index (χ4n) is 3.09. The Bertz CT molecular complexity index is 947. The number of aromatic nitrogens is 1. The topological polar surface area (TPSA) is 42.4 Å². The number of hydrogen-bond donors (Lipinski definition) is 0. The highest BCUT2D eigenvalue weighted by Crippen LogP contribution is 2.34. The van der Waals surface area contributed by atoms with Crippen molar-refractivity contribution >= 4 is 22.4 Å². The van der Waals surface area contributed by atoms with Crippen LogP contribution < -0.4 is 9.64 Å². The number of carbonyl (C=O) groups excluding carboxylic acids is 1. The van der Waals surface area contributed by atoms with Gasteiger partial charge in [0, 0.05) is 23.9 Å². The molecule has 0 N–H and O–H groups in total. The Morgan fingerprint density at radius 2 is 1.83 bits per heavy atom. The lowest BCUT2D eigenvalue weighted by atomic mass is 9.96. The third kappa shape index (κ3) is 5.17. The third-order valence-electron chi connectivity index (χ3n) is 4.66. The van der Waals surface area contributed by atoms with Crippen LogP contribution in [0.15, 0.2) is 60.0 Å². The van der Waals surface area contributed by atoms with Crippen LogP contribution in [0.3, 0.4) is 0 Å². The van der Waals surface area contributed by atoms with Crippen molar-refractivity contribution < 1.29 is 18.3 Å². The number of ether oxygens (including phenoxy) is 1. The molecule has 3 aromatic rings. The van der Waals surface area contributed by atoms with Crippen molar-refractivity contribution in [1.82, 2.24) is 4.98 Å². The summed E-state index contributed by atoms with van der Waals surface area (Å²) in [6.45, 7) is -0.924. The Morgan fingerprint density at radius 3 is 2.52 bits per heavy atom. The number of anilines is 1. The second-order valence-electron chi connectivity index (χ2n) is 6.58. The van der Waals surface area contributed by atoms with Crippen LogP contribution in [0.25, 0.3) is 11.3 Å². The average Bonchev–Trinajstić information content (AvgIpc) is 3.21. The van der Waals surface area contributed by atoms with Gasteiger partial charge in [-0.2, -0.15) is 8.78 Å². The molecular formula is C22H22F2N2O2S. The summed E-state index contributed by atoms with van der Waals surface area (Å²) in [5, 5.41) is 2.26. The first-order chi connectivity index (χ1) is 14.0. The molecule has 7 heteroatoms. The molecule has 0 aliphatic carbocycles. The molecule has 0 unspecified atom stereocenters. The summed E-state index contributed by atoms with van der Waals surface area (Å²) in [5.41, 5.74) is 2.07. The Labute approximate surface area is 172 Å². The summed E-state index contributed by atoms with van der Waals surface area (Å²) in [6, 6.07) is 16.4. The van der Waals surface area contributed by atoms with E-state index in [0.29, 0.717) is 29.2 Å². The lowest BCUT2D eigenvalue weighted by Crippen LogP contribution is -2.33. The van der Waals surface area contributed by atoms with Crippen molar-refractivity contribution in [3.05, 3.63) is 65.5 Å². The van der Waals surface area contributed by atoms with Gasteiger partial charge in [0.1, 0.15) is 5.75 Å². The summed E-state index contributed by atoms with van der Waals surface area (Å²) >= 11 is 1.29. The lowest BCUT2D eigenvalue weighted by molar-refractivity contribution is -0.122. The fourth-order valence-corrected chi connectivity index (χ4v) is 3.89. The largest absolute Gasteiger partial charge is 0.434 e. The van der Waals surface area contributed by atoms with Crippen LogP contribution in [0, 0.1) is 5.92 Å². The third-order valence-corrected chi connectivity index (χ3v) is 5.57. The Morgan fingerprint density at radius 1 is 1.14 bits per heavy atom. The molecule has 29 heavy (non-hydrogen) atoms. The maximum atomic E-state index is 13.0. The van der Waals surface area contributed by atoms with Crippen molar-refractivity contribution in [2.45, 2.75) is 26.4 Å². The first-order valence-corrected chi connectivity index (χ1v) is 10.2. The van der Waals surface area contributed by atoms with E-state index in [1.54, 1.807) is 35.5 Å². The molecule has 1 heterocycles. The molecular weight excluding hydrogens is 394 g/mol. The molecule has 0 fully saturated rings. The van der Waals surface area contributed by atoms with E-state index in [4.69, 9.17) is 0 Å². The van der Waals surface area contributed by atoms with E-state index in [9.17, 15) is 13.6 Å². The summed E-state index contributed by atoms with van der Waals surface area (Å²) in [4.78, 5) is 19.0. The summed E-state index contributed by atoms with van der Waals surface area (Å²) < 4.78 is 29.9. The van der Waals surface area contributed by atoms with E-state index in [0.717, 1.165) is 5.56 Å². The van der Waals surface area contributed by atoms with Crippen molar-refractivity contribution in [1.29, 1.82) is 0 Å². The molecule has 0 aliphatic rings. The molecule has 0 radical (unpaired) electrons. The Balaban J connectivity index is 1.78. The summed E-state index contributed by atoms with van der Waals surface area (Å²) in [6.07, 6.45) is 1.37. The highest BCUT2D eigenvalue weighted by atomic mass is 32.1. The van der Waals surface area contributed by atoms with E-state index in [2.05, 4.69) is 9.72 Å². The maximum Gasteiger partial charge on any atom is 0.387 e. The van der Waals surface area contributed by atoms with Gasteiger partial charge in [-0.1, -0.05) is 49.4 Å². The monoisotopic (exact) mass is 416 g/mol. The van der Waals surface area contributed by atoms with Gasteiger partial charge >= 0.3 is 6.61 Å². The minimum atomic E-state index is -2.91. The number of thiazole rings is 1. The number of nitrogens with zero attached hydrogens (tertiary/aromatic N) is 2. The second kappa shape index (κ2) is 9.60. The zero-order valence-corrected chi connectivity index (χ0v) is 17.0. The van der Waals surface area contributed by atoms with Gasteiger partial charge in [-0.25, -0.2) is 4.98 Å². The highest BCUT2D eigenvalue weighted by molar-refractivity contribution is 7.14. The van der Waals surface area contributed by atoms with Gasteiger partial charge in [-0.15, -0.1) is 11.3 Å². The lowest BCUT2D eigenvalue weighted by Gasteiger charge is -2.21. The molecule has 0 spiro atoms. The van der Waals surface area contributed by atoms with Crippen molar-refractivity contribution in [2.24, 2.45) is 5.92 Å². The smallest absolute Gasteiger partial charge is 0.387 e. The zero-order chi connectivity index (χ0) is 20.8. The van der Waals surface area contributed by atoms with Crippen LogP contribution in [-0.4, -0.2) is 24.6 Å². The van der Waals surface area contributed by atoms with Crippen LogP contribution in [0.1, 0.15) is 18.9 Å². The van der Waals surface area contributed by atoms with E-state index < -0.39 is 6.61 Å². The van der Waals surface area contributed by atoms with Gasteiger partial charge in [0.05, 0.1) is 5.69 Å². The predicted octanol–water partition coefficient (Wildman–Crippen LogP) is 5.64. The number of carbonyl (C=O) groups is 1. The van der Waals surface area contributed by atoms with Gasteiger partial charge in [0.15, 0.2) is 5.13 Å². The predicted molar refractivity (Wildman–Crippen MR) is 112 cm³/mol. The standard InChI is InChI=1S/C22H22F2N2O2S/c1-3-16(13-15-9-5-4-6-10-15)20(27)26(2)22-25-18(14-29-22)17-11-7-8-12-19(17)28-21(23)24/h4-12,14,16,21H,3,13H2,1-2H3/t16-/m1/s1. The Kier molecular flexibility index (Phi) is 6.93. The SMILES string of the molecule is CC[C@H](Cc1ccccc1)C(=O)N(C)c1nc(-c2ccccc2OC(F)F)cs1. The van der Waals surface area contributed by atoms with Crippen molar-refractivity contribution in [3.63, 3.8) is 0 Å². The van der Waals surface area contributed by atoms with Crippen molar-refractivity contribution in [3.8, 4) is 17.0 Å². The average molecular weight is 416 g/mol. The van der Waals surface area contributed by atoms with Crippen LogP contribution in [0.4, 0.5) is 13.9 Å². The maximum absolute atomic E-state index is 13.0. The number of para-hydroxylation sites is 1. The molecule has 0 aliphatic heterocycles. The van der Waals surface area contributed by atoms with Gasteiger partial charge in [0.25, 0.3) is 0 Å². The summed E-state index contributed by atoms with van der Waals surface area (Å²) in [7, 11) is 1.69. The van der Waals surface area contributed by atoms with Gasteiger partial charge < -0.3 is 4.74 Å². The molecule has 1 aromatic heterocycles. The Hall–Kier alpha value is -2.80. The van der Waals surface area contributed by atoms with E-state index in [1.165, 1.54) is 17.4 Å². The molecule has 0 saturated heterocycles. The molecule has 0 bridgehead atoms. The second-order valence-corrected chi connectivity index (χ2v) is 7.42. The number of rotatable bonds is 8. The number of amides is 1. The zero-order valence-electron chi connectivity index (χ0n) is 16.2. The molecule has 1 atom stereocenters.